The first-order valence-corrected chi connectivity index (χ1v) is 3.72. The van der Waals surface area contributed by atoms with Gasteiger partial charge < -0.3 is 4.57 Å². The third kappa shape index (κ3) is 1.15. The SMILES string of the molecule is CCn1cnc(C)c1Br. The van der Waals surface area contributed by atoms with E-state index in [9.17, 15) is 0 Å². The molecule has 1 rings (SSSR count). The fourth-order valence-corrected chi connectivity index (χ4v) is 1.13. The standard InChI is InChI=1S/C6H9BrN2/c1-3-9-4-8-5(2)6(9)7/h4H,3H2,1-2H3. The van der Waals surface area contributed by atoms with E-state index in [4.69, 9.17) is 0 Å². The van der Waals surface area contributed by atoms with E-state index in [1.807, 2.05) is 13.3 Å². The first-order valence-electron chi connectivity index (χ1n) is 2.93. The zero-order chi connectivity index (χ0) is 6.85. The Kier molecular flexibility index (Phi) is 1.90. The summed E-state index contributed by atoms with van der Waals surface area (Å²) in [6.07, 6.45) is 1.83. The van der Waals surface area contributed by atoms with Crippen LogP contribution in [0.4, 0.5) is 0 Å². The Morgan fingerprint density at radius 2 is 2.44 bits per heavy atom. The van der Waals surface area contributed by atoms with Gasteiger partial charge in [-0.25, -0.2) is 4.98 Å². The highest BCUT2D eigenvalue weighted by Crippen LogP contribution is 2.13. The molecule has 0 saturated carbocycles. The summed E-state index contributed by atoms with van der Waals surface area (Å²) in [5.74, 6) is 0. The van der Waals surface area contributed by atoms with Crippen LogP contribution in [0.2, 0.25) is 0 Å². The predicted molar refractivity (Wildman–Crippen MR) is 40.3 cm³/mol. The molecule has 0 amide bonds. The van der Waals surface area contributed by atoms with Crippen LogP contribution in [0, 0.1) is 6.92 Å². The van der Waals surface area contributed by atoms with E-state index in [1.165, 1.54) is 0 Å². The molecule has 0 aromatic carbocycles. The average Bonchev–Trinajstić information content (AvgIpc) is 2.15. The molecule has 0 bridgehead atoms. The van der Waals surface area contributed by atoms with Gasteiger partial charge in [-0.15, -0.1) is 0 Å². The molecule has 0 atom stereocenters. The van der Waals surface area contributed by atoms with Gasteiger partial charge in [0.15, 0.2) is 0 Å². The molecule has 1 aromatic rings. The maximum atomic E-state index is 4.10. The van der Waals surface area contributed by atoms with Gasteiger partial charge in [0.2, 0.25) is 0 Å². The lowest BCUT2D eigenvalue weighted by Gasteiger charge is -1.95. The number of aryl methyl sites for hydroxylation is 2. The van der Waals surface area contributed by atoms with Crippen molar-refractivity contribution in [3.8, 4) is 0 Å². The molecule has 0 N–H and O–H groups in total. The maximum absolute atomic E-state index is 4.10. The molecule has 0 spiro atoms. The number of hydrogen-bond acceptors (Lipinski definition) is 1. The maximum Gasteiger partial charge on any atom is 0.107 e. The molecule has 0 fully saturated rings. The number of rotatable bonds is 1. The van der Waals surface area contributed by atoms with Crippen molar-refractivity contribution in [2.24, 2.45) is 0 Å². The quantitative estimate of drug-likeness (QED) is 0.660. The number of nitrogens with zero attached hydrogens (tertiary/aromatic N) is 2. The number of aromatic nitrogens is 2. The van der Waals surface area contributed by atoms with Gasteiger partial charge in [-0.2, -0.15) is 0 Å². The fraction of sp³-hybridized carbons (Fsp3) is 0.500. The van der Waals surface area contributed by atoms with Crippen molar-refractivity contribution in [1.82, 2.24) is 9.55 Å². The van der Waals surface area contributed by atoms with Crippen LogP contribution in [-0.4, -0.2) is 9.55 Å². The van der Waals surface area contributed by atoms with Gasteiger partial charge in [-0.3, -0.25) is 0 Å². The molecule has 0 aliphatic rings. The summed E-state index contributed by atoms with van der Waals surface area (Å²) in [4.78, 5) is 4.10. The number of hydrogen-bond donors (Lipinski definition) is 0. The number of imidazole rings is 1. The predicted octanol–water partition coefficient (Wildman–Crippen LogP) is 1.97. The van der Waals surface area contributed by atoms with E-state index < -0.39 is 0 Å². The van der Waals surface area contributed by atoms with Crippen molar-refractivity contribution in [2.75, 3.05) is 0 Å². The van der Waals surface area contributed by atoms with Crippen molar-refractivity contribution in [2.45, 2.75) is 20.4 Å². The summed E-state index contributed by atoms with van der Waals surface area (Å²) in [6, 6.07) is 0. The van der Waals surface area contributed by atoms with E-state index in [2.05, 4.69) is 32.4 Å². The minimum absolute atomic E-state index is 0.974. The first kappa shape index (κ1) is 6.81. The summed E-state index contributed by atoms with van der Waals surface area (Å²) >= 11 is 3.41. The molecule has 1 aromatic heterocycles. The van der Waals surface area contributed by atoms with Gasteiger partial charge in [0.05, 0.1) is 12.0 Å². The van der Waals surface area contributed by atoms with Gasteiger partial charge in [0.25, 0.3) is 0 Å². The van der Waals surface area contributed by atoms with Gasteiger partial charge in [0.1, 0.15) is 4.60 Å². The Bertz CT molecular complexity index is 205. The minimum Gasteiger partial charge on any atom is -0.325 e. The zero-order valence-electron chi connectivity index (χ0n) is 5.56. The van der Waals surface area contributed by atoms with Crippen LogP contribution in [0.1, 0.15) is 12.6 Å². The van der Waals surface area contributed by atoms with E-state index in [1.54, 1.807) is 0 Å². The highest BCUT2D eigenvalue weighted by atomic mass is 79.9. The second kappa shape index (κ2) is 2.52. The van der Waals surface area contributed by atoms with Crippen molar-refractivity contribution in [3.05, 3.63) is 16.6 Å². The van der Waals surface area contributed by atoms with E-state index >= 15 is 0 Å². The summed E-state index contributed by atoms with van der Waals surface area (Å²) < 4.78 is 3.14. The van der Waals surface area contributed by atoms with Gasteiger partial charge >= 0.3 is 0 Å². The van der Waals surface area contributed by atoms with E-state index in [-0.39, 0.29) is 0 Å². The molecule has 1 heterocycles. The van der Waals surface area contributed by atoms with Crippen molar-refractivity contribution in [1.29, 1.82) is 0 Å². The minimum atomic E-state index is 0.974. The largest absolute Gasteiger partial charge is 0.325 e. The van der Waals surface area contributed by atoms with Crippen LogP contribution in [0.3, 0.4) is 0 Å². The van der Waals surface area contributed by atoms with Crippen molar-refractivity contribution in [3.63, 3.8) is 0 Å². The van der Waals surface area contributed by atoms with Crippen molar-refractivity contribution >= 4 is 15.9 Å². The van der Waals surface area contributed by atoms with Crippen LogP contribution in [-0.2, 0) is 6.54 Å². The molecular formula is C6H9BrN2. The second-order valence-electron chi connectivity index (χ2n) is 1.91. The van der Waals surface area contributed by atoms with Crippen LogP contribution in [0.25, 0.3) is 0 Å². The molecule has 9 heavy (non-hydrogen) atoms. The Balaban J connectivity index is 3.04. The summed E-state index contributed by atoms with van der Waals surface area (Å²) in [6.45, 7) is 5.05. The van der Waals surface area contributed by atoms with Crippen LogP contribution in [0.15, 0.2) is 10.9 Å². The Morgan fingerprint density at radius 1 is 1.78 bits per heavy atom. The summed E-state index contributed by atoms with van der Waals surface area (Å²) in [5.41, 5.74) is 1.05. The van der Waals surface area contributed by atoms with Gasteiger partial charge in [0, 0.05) is 6.54 Å². The lowest BCUT2D eigenvalue weighted by Crippen LogP contribution is -1.90. The molecule has 0 aliphatic heterocycles. The normalized spacial score (nSPS) is 10.1. The molecule has 3 heteroatoms. The Morgan fingerprint density at radius 3 is 2.67 bits per heavy atom. The number of halogens is 1. The second-order valence-corrected chi connectivity index (χ2v) is 2.66. The molecule has 0 unspecified atom stereocenters. The molecule has 0 aliphatic carbocycles. The van der Waals surface area contributed by atoms with Gasteiger partial charge in [-0.1, -0.05) is 0 Å². The van der Waals surface area contributed by atoms with Crippen LogP contribution < -0.4 is 0 Å². The molecule has 0 saturated heterocycles. The van der Waals surface area contributed by atoms with Crippen LogP contribution in [0.5, 0.6) is 0 Å². The lowest BCUT2D eigenvalue weighted by atomic mass is 10.5. The topological polar surface area (TPSA) is 17.8 Å². The van der Waals surface area contributed by atoms with Crippen molar-refractivity contribution < 1.29 is 0 Å². The zero-order valence-corrected chi connectivity index (χ0v) is 7.14. The highest BCUT2D eigenvalue weighted by molar-refractivity contribution is 9.10. The average molecular weight is 189 g/mol. The van der Waals surface area contributed by atoms with Crippen LogP contribution >= 0.6 is 15.9 Å². The summed E-state index contributed by atoms with van der Waals surface area (Å²) in [7, 11) is 0. The molecule has 2 nitrogen and oxygen atoms in total. The van der Waals surface area contributed by atoms with E-state index in [0.29, 0.717) is 0 Å². The smallest absolute Gasteiger partial charge is 0.107 e. The van der Waals surface area contributed by atoms with E-state index in [0.717, 1.165) is 16.8 Å². The summed E-state index contributed by atoms with van der Waals surface area (Å²) in [5, 5.41) is 0. The monoisotopic (exact) mass is 188 g/mol. The molecular weight excluding hydrogens is 180 g/mol. The third-order valence-corrected chi connectivity index (χ3v) is 2.31. The first-order chi connectivity index (χ1) is 4.25. The Hall–Kier alpha value is -0.310. The highest BCUT2D eigenvalue weighted by Gasteiger charge is 1.99. The lowest BCUT2D eigenvalue weighted by molar-refractivity contribution is 0.744. The van der Waals surface area contributed by atoms with Gasteiger partial charge in [-0.05, 0) is 29.8 Å². The molecule has 0 radical (unpaired) electrons. The molecule has 50 valence electrons. The third-order valence-electron chi connectivity index (χ3n) is 1.28. The Labute approximate surface area is 63.0 Å². The fourth-order valence-electron chi connectivity index (χ4n) is 0.689.